The van der Waals surface area contributed by atoms with Gasteiger partial charge in [0, 0.05) is 32.7 Å². The minimum absolute atomic E-state index is 0.281. The van der Waals surface area contributed by atoms with Gasteiger partial charge in [0.15, 0.2) is 11.2 Å². The first-order valence-electron chi connectivity index (χ1n) is 10.6. The first-order valence-corrected chi connectivity index (χ1v) is 10.6. The third kappa shape index (κ3) is 3.47. The van der Waals surface area contributed by atoms with Crippen LogP contribution in [0.2, 0.25) is 0 Å². The molecule has 166 valence electrons. The van der Waals surface area contributed by atoms with Crippen LogP contribution >= 0.6 is 0 Å². The Labute approximate surface area is 180 Å². The first-order chi connectivity index (χ1) is 14.9. The number of aromatic nitrogens is 4. The molecule has 0 radical (unpaired) electrons. The predicted octanol–water partition coefficient (Wildman–Crippen LogP) is 2.50. The molecule has 1 aliphatic heterocycles. The van der Waals surface area contributed by atoms with Gasteiger partial charge in [0.2, 0.25) is 5.95 Å². The molecular formula is C22H29N5O4. The highest BCUT2D eigenvalue weighted by Gasteiger charge is 2.28. The van der Waals surface area contributed by atoms with E-state index in [4.69, 9.17) is 14.5 Å². The van der Waals surface area contributed by atoms with E-state index in [1.165, 1.54) is 9.13 Å². The van der Waals surface area contributed by atoms with Crippen LogP contribution < -0.4 is 25.6 Å². The fourth-order valence-electron chi connectivity index (χ4n) is 4.09. The number of aryl methyl sites for hydroxylation is 2. The maximum atomic E-state index is 13.3. The van der Waals surface area contributed by atoms with Crippen LogP contribution in [0.4, 0.5) is 11.6 Å². The molecule has 0 fully saturated rings. The van der Waals surface area contributed by atoms with Gasteiger partial charge in [-0.15, -0.1) is 0 Å². The fraction of sp³-hybridized carbons (Fsp3) is 0.500. The molecule has 31 heavy (non-hydrogen) atoms. The minimum atomic E-state index is -0.334. The Morgan fingerprint density at radius 1 is 1.13 bits per heavy atom. The normalized spacial score (nSPS) is 13.7. The second-order valence-electron chi connectivity index (χ2n) is 8.26. The molecule has 9 nitrogen and oxygen atoms in total. The van der Waals surface area contributed by atoms with Gasteiger partial charge in [0.1, 0.15) is 11.5 Å². The molecule has 0 unspecified atom stereocenters. The van der Waals surface area contributed by atoms with Crippen LogP contribution in [0.15, 0.2) is 27.8 Å². The summed E-state index contributed by atoms with van der Waals surface area (Å²) in [6.45, 7) is 5.92. The monoisotopic (exact) mass is 427 g/mol. The molecule has 3 aromatic rings. The van der Waals surface area contributed by atoms with Gasteiger partial charge >= 0.3 is 5.69 Å². The molecular weight excluding hydrogens is 398 g/mol. The number of imidazole rings is 1. The maximum absolute atomic E-state index is 13.3. The van der Waals surface area contributed by atoms with E-state index in [0.717, 1.165) is 18.5 Å². The number of hydrogen-bond acceptors (Lipinski definition) is 6. The molecule has 2 aromatic heterocycles. The predicted molar refractivity (Wildman–Crippen MR) is 120 cm³/mol. The summed E-state index contributed by atoms with van der Waals surface area (Å²) in [5, 5.41) is 0. The summed E-state index contributed by atoms with van der Waals surface area (Å²) >= 11 is 0. The number of ether oxygens (including phenoxy) is 2. The number of anilines is 2. The third-order valence-corrected chi connectivity index (χ3v) is 5.82. The van der Waals surface area contributed by atoms with Crippen molar-refractivity contribution in [3.63, 3.8) is 0 Å². The Hall–Kier alpha value is -3.23. The molecule has 0 aliphatic carbocycles. The highest BCUT2D eigenvalue weighted by Crippen LogP contribution is 2.38. The quantitative estimate of drug-likeness (QED) is 0.601. The highest BCUT2D eigenvalue weighted by molar-refractivity contribution is 5.78. The van der Waals surface area contributed by atoms with Gasteiger partial charge in [-0.2, -0.15) is 4.98 Å². The average Bonchev–Trinajstić information content (AvgIpc) is 3.17. The van der Waals surface area contributed by atoms with Gasteiger partial charge in [-0.05, 0) is 30.9 Å². The van der Waals surface area contributed by atoms with Crippen LogP contribution in [0.25, 0.3) is 11.2 Å². The smallest absolute Gasteiger partial charge is 0.332 e. The summed E-state index contributed by atoms with van der Waals surface area (Å²) in [7, 11) is 4.91. The zero-order valence-electron chi connectivity index (χ0n) is 18.7. The first kappa shape index (κ1) is 21.0. The van der Waals surface area contributed by atoms with Crippen molar-refractivity contribution in [2.75, 3.05) is 25.7 Å². The lowest BCUT2D eigenvalue weighted by Crippen LogP contribution is -2.40. The van der Waals surface area contributed by atoms with Crippen LogP contribution in [-0.4, -0.2) is 39.4 Å². The fourth-order valence-corrected chi connectivity index (χ4v) is 4.09. The van der Waals surface area contributed by atoms with Crippen molar-refractivity contribution in [3.05, 3.63) is 39.0 Å². The Balaban J connectivity index is 1.93. The van der Waals surface area contributed by atoms with Crippen molar-refractivity contribution in [1.29, 1.82) is 0 Å². The molecule has 4 rings (SSSR count). The van der Waals surface area contributed by atoms with Gasteiger partial charge < -0.3 is 18.9 Å². The van der Waals surface area contributed by atoms with Crippen molar-refractivity contribution in [3.8, 4) is 11.5 Å². The second-order valence-corrected chi connectivity index (χ2v) is 8.26. The number of methoxy groups -OCH3 is 2. The average molecular weight is 428 g/mol. The van der Waals surface area contributed by atoms with Gasteiger partial charge in [0.05, 0.1) is 19.9 Å². The molecule has 0 amide bonds. The minimum Gasteiger partial charge on any atom is -0.497 e. The van der Waals surface area contributed by atoms with E-state index in [1.807, 2.05) is 27.7 Å². The van der Waals surface area contributed by atoms with E-state index in [-0.39, 0.29) is 11.2 Å². The van der Waals surface area contributed by atoms with Crippen LogP contribution in [0.5, 0.6) is 11.5 Å². The molecule has 0 saturated carbocycles. The number of nitrogens with zero attached hydrogens (tertiary/aromatic N) is 5. The number of benzene rings is 1. The summed E-state index contributed by atoms with van der Waals surface area (Å²) in [4.78, 5) is 33.0. The zero-order chi connectivity index (χ0) is 22.3. The van der Waals surface area contributed by atoms with Gasteiger partial charge in [-0.25, -0.2) is 4.79 Å². The lowest BCUT2D eigenvalue weighted by atomic mass is 10.1. The summed E-state index contributed by atoms with van der Waals surface area (Å²) in [5.74, 6) is 2.40. The van der Waals surface area contributed by atoms with Crippen molar-refractivity contribution >= 4 is 22.8 Å². The zero-order valence-corrected chi connectivity index (χ0v) is 18.7. The summed E-state index contributed by atoms with van der Waals surface area (Å²) in [5.41, 5.74) is 1.06. The van der Waals surface area contributed by atoms with Crippen molar-refractivity contribution in [2.24, 2.45) is 13.0 Å². The number of hydrogen-bond donors (Lipinski definition) is 0. The summed E-state index contributed by atoms with van der Waals surface area (Å²) < 4.78 is 15.7. The molecule has 0 spiro atoms. The Kier molecular flexibility index (Phi) is 5.51. The van der Waals surface area contributed by atoms with Crippen LogP contribution in [-0.2, 0) is 20.1 Å². The lowest BCUT2D eigenvalue weighted by Gasteiger charge is -2.30. The van der Waals surface area contributed by atoms with Crippen LogP contribution in [0.3, 0.4) is 0 Å². The SMILES string of the molecule is COc1ccc(OC)c(N2CCCn3c2nc2c3c(=O)n(CCC(C)C)c(=O)n2C)c1. The summed E-state index contributed by atoms with van der Waals surface area (Å²) in [6, 6.07) is 5.59. The second kappa shape index (κ2) is 8.13. The van der Waals surface area contributed by atoms with Gasteiger partial charge in [-0.3, -0.25) is 13.9 Å². The topological polar surface area (TPSA) is 83.5 Å². The standard InChI is InChI=1S/C22H29N5O4/c1-14(2)9-12-27-20(28)18-19(24(3)22(27)29)23-21-25(10-6-11-26(18)21)16-13-15(30-4)7-8-17(16)31-5/h7-8,13-14H,6,9-12H2,1-5H3. The maximum Gasteiger partial charge on any atom is 0.332 e. The van der Waals surface area contributed by atoms with Crippen molar-refractivity contribution in [1.82, 2.24) is 18.7 Å². The van der Waals surface area contributed by atoms with Gasteiger partial charge in [-0.1, -0.05) is 13.8 Å². The van der Waals surface area contributed by atoms with E-state index in [9.17, 15) is 9.59 Å². The van der Waals surface area contributed by atoms with E-state index >= 15 is 0 Å². The van der Waals surface area contributed by atoms with Gasteiger partial charge in [0.25, 0.3) is 5.56 Å². The highest BCUT2D eigenvalue weighted by atomic mass is 16.5. The Morgan fingerprint density at radius 2 is 1.90 bits per heavy atom. The molecule has 0 N–H and O–H groups in total. The molecule has 1 aromatic carbocycles. The largest absolute Gasteiger partial charge is 0.497 e. The summed E-state index contributed by atoms with van der Waals surface area (Å²) in [6.07, 6.45) is 1.59. The van der Waals surface area contributed by atoms with Crippen molar-refractivity contribution in [2.45, 2.75) is 39.8 Å². The molecule has 0 atom stereocenters. The van der Waals surface area contributed by atoms with E-state index in [2.05, 4.69) is 13.8 Å². The molecule has 3 heterocycles. The number of fused-ring (bicyclic) bond motifs is 3. The molecule has 0 saturated heterocycles. The number of rotatable bonds is 6. The van der Waals surface area contributed by atoms with E-state index < -0.39 is 0 Å². The van der Waals surface area contributed by atoms with Crippen LogP contribution in [0, 0.1) is 5.92 Å². The van der Waals surface area contributed by atoms with E-state index in [0.29, 0.717) is 54.2 Å². The Bertz CT molecular complexity index is 1240. The van der Waals surface area contributed by atoms with Crippen molar-refractivity contribution < 1.29 is 9.47 Å². The Morgan fingerprint density at radius 3 is 2.58 bits per heavy atom. The molecule has 1 aliphatic rings. The van der Waals surface area contributed by atoms with E-state index in [1.54, 1.807) is 21.3 Å². The molecule has 0 bridgehead atoms. The van der Waals surface area contributed by atoms with Crippen LogP contribution in [0.1, 0.15) is 26.7 Å². The third-order valence-electron chi connectivity index (χ3n) is 5.82. The molecule has 9 heteroatoms. The lowest BCUT2D eigenvalue weighted by molar-refractivity contribution is 0.403.